The number of thiazole rings is 1. The van der Waals surface area contributed by atoms with Crippen molar-refractivity contribution in [1.82, 2.24) is 4.98 Å². The number of alkyl halides is 16. The Morgan fingerprint density at radius 1 is 0.762 bits per heavy atom. The zero-order valence-electron chi connectivity index (χ0n) is 20.6. The Morgan fingerprint density at radius 3 is 1.67 bits per heavy atom. The van der Waals surface area contributed by atoms with Crippen LogP contribution in [0.4, 0.5) is 75.4 Å². The molecule has 1 aromatic heterocycles. The summed E-state index contributed by atoms with van der Waals surface area (Å²) in [5.74, 6) is -59.7. The molecule has 0 atom stereocenters. The highest BCUT2D eigenvalue weighted by Crippen LogP contribution is 2.62. The summed E-state index contributed by atoms with van der Waals surface area (Å²) in [6.45, 7) is 3.82. The van der Waals surface area contributed by atoms with Gasteiger partial charge in [0, 0.05) is 10.9 Å². The van der Waals surface area contributed by atoms with Crippen molar-refractivity contribution in [3.05, 3.63) is 35.2 Å². The van der Waals surface area contributed by atoms with Crippen molar-refractivity contribution in [1.29, 1.82) is 0 Å². The molecule has 0 fully saturated rings. The van der Waals surface area contributed by atoms with Crippen LogP contribution in [-0.2, 0) is 11.2 Å². The molecule has 0 radical (unpaired) electrons. The second-order valence-corrected chi connectivity index (χ2v) is 10.0. The summed E-state index contributed by atoms with van der Waals surface area (Å²) in [5.41, 5.74) is 0.991. The number of amides is 1. The van der Waals surface area contributed by atoms with Gasteiger partial charge >= 0.3 is 53.8 Å². The molecule has 3 nitrogen and oxygen atoms in total. The van der Waals surface area contributed by atoms with Gasteiger partial charge in [0.25, 0.3) is 0 Å². The number of hydrogen-bond acceptors (Lipinski definition) is 3. The Kier molecular flexibility index (Phi) is 9.30. The number of benzene rings is 1. The molecule has 42 heavy (non-hydrogen) atoms. The smallest absolute Gasteiger partial charge is 0.296 e. The minimum absolute atomic E-state index is 0.111. The van der Waals surface area contributed by atoms with Gasteiger partial charge in [0.15, 0.2) is 5.13 Å². The van der Waals surface area contributed by atoms with Crippen LogP contribution in [0.5, 0.6) is 0 Å². The van der Waals surface area contributed by atoms with E-state index in [9.17, 15) is 75.0 Å². The van der Waals surface area contributed by atoms with Crippen LogP contribution < -0.4 is 5.32 Å². The van der Waals surface area contributed by atoms with Gasteiger partial charge in [0.1, 0.15) is 0 Å². The molecule has 2 rings (SSSR count). The monoisotopic (exact) mass is 660 g/mol. The molecule has 2 aromatic rings. The number of rotatable bonds is 12. The summed E-state index contributed by atoms with van der Waals surface area (Å²) in [4.78, 5) is 15.3. The molecule has 0 unspecified atom stereocenters. The Hall–Kier alpha value is -2.80. The van der Waals surface area contributed by atoms with Crippen LogP contribution in [0.15, 0.2) is 29.6 Å². The third-order valence-electron chi connectivity index (χ3n) is 5.57. The number of nitrogens with one attached hydrogen (secondary N) is 1. The van der Waals surface area contributed by atoms with Gasteiger partial charge < -0.3 is 0 Å². The lowest BCUT2D eigenvalue weighted by Gasteiger charge is -2.42. The van der Waals surface area contributed by atoms with Gasteiger partial charge in [-0.2, -0.15) is 61.5 Å². The van der Waals surface area contributed by atoms with Gasteiger partial charge in [-0.05, 0) is 17.9 Å². The second kappa shape index (κ2) is 11.0. The summed E-state index contributed by atoms with van der Waals surface area (Å²) >= 11 is 0.210. The van der Waals surface area contributed by atoms with Gasteiger partial charge in [0.05, 0.1) is 5.69 Å². The number of carbonyl (C=O) groups is 1. The topological polar surface area (TPSA) is 42.0 Å². The number of anilines is 1. The maximum atomic E-state index is 14.1. The standard InChI is InChI=1S/C22H16F16N2OS/c1-9(2)7-10-3-5-11(6-4-10)12-8-42-15(39-12)40-14(41)17(27,28)19(31,32)21(35,36)22(37,38)20(33,34)18(29,30)16(25,26)13(23)24/h3-6,8-9,13H,7H2,1-2H3,(H,39,40,41). The zero-order chi connectivity index (χ0) is 32.9. The van der Waals surface area contributed by atoms with E-state index in [0.717, 1.165) is 16.3 Å². The molecule has 0 aliphatic rings. The molecular formula is C22H16F16N2OS. The number of halogens is 16. The van der Waals surface area contributed by atoms with Crippen molar-refractivity contribution < 1.29 is 75.0 Å². The summed E-state index contributed by atoms with van der Waals surface area (Å²) in [5, 5.41) is 0.837. The first-order valence-electron chi connectivity index (χ1n) is 11.0. The molecule has 0 spiro atoms. The van der Waals surface area contributed by atoms with Crippen molar-refractivity contribution in [2.45, 2.75) is 68.2 Å². The first-order valence-corrected chi connectivity index (χ1v) is 11.9. The van der Waals surface area contributed by atoms with E-state index in [-0.39, 0.29) is 28.5 Å². The molecule has 20 heteroatoms. The lowest BCUT2D eigenvalue weighted by Crippen LogP contribution is -2.74. The predicted octanol–water partition coefficient (Wildman–Crippen LogP) is 8.66. The molecule has 0 saturated heterocycles. The highest BCUT2D eigenvalue weighted by molar-refractivity contribution is 7.14. The van der Waals surface area contributed by atoms with E-state index in [1.54, 1.807) is 12.1 Å². The summed E-state index contributed by atoms with van der Waals surface area (Å²) in [7, 11) is 0. The molecule has 1 aromatic carbocycles. The van der Waals surface area contributed by atoms with Crippen LogP contribution in [0.25, 0.3) is 11.3 Å². The van der Waals surface area contributed by atoms with E-state index in [0.29, 0.717) is 6.42 Å². The second-order valence-electron chi connectivity index (χ2n) is 9.16. The van der Waals surface area contributed by atoms with E-state index in [4.69, 9.17) is 0 Å². The predicted molar refractivity (Wildman–Crippen MR) is 115 cm³/mol. The number of hydrogen-bond donors (Lipinski definition) is 1. The number of carbonyl (C=O) groups excluding carboxylic acids is 1. The molecule has 0 aliphatic heterocycles. The minimum atomic E-state index is -8.58. The fraction of sp³-hybridized carbons (Fsp3) is 0.545. The first kappa shape index (κ1) is 35.4. The van der Waals surface area contributed by atoms with Crippen LogP contribution in [0.2, 0.25) is 0 Å². The molecule has 0 bridgehead atoms. The largest absolute Gasteiger partial charge is 0.393 e. The maximum absolute atomic E-state index is 14.1. The Morgan fingerprint density at radius 2 is 1.21 bits per heavy atom. The van der Waals surface area contributed by atoms with Crippen LogP contribution in [-0.4, -0.2) is 58.8 Å². The first-order chi connectivity index (χ1) is 18.7. The Balaban J connectivity index is 2.38. The van der Waals surface area contributed by atoms with Crippen molar-refractivity contribution in [3.63, 3.8) is 0 Å². The van der Waals surface area contributed by atoms with Gasteiger partial charge in [0.2, 0.25) is 0 Å². The van der Waals surface area contributed by atoms with Crippen molar-refractivity contribution in [2.24, 2.45) is 5.92 Å². The van der Waals surface area contributed by atoms with E-state index in [1.807, 2.05) is 13.8 Å². The Labute approximate surface area is 228 Å². The van der Waals surface area contributed by atoms with E-state index in [2.05, 4.69) is 4.98 Å². The average molecular weight is 660 g/mol. The number of nitrogens with zero attached hydrogens (tertiary/aromatic N) is 1. The third kappa shape index (κ3) is 5.49. The SMILES string of the molecule is CC(C)Cc1ccc(-c2csc(NC(=O)C(F)(F)C(F)(F)C(F)(F)C(F)(F)C(F)(F)C(F)(F)C(F)(F)C(F)F)n2)cc1. The third-order valence-corrected chi connectivity index (χ3v) is 6.33. The summed E-state index contributed by atoms with van der Waals surface area (Å²) < 4.78 is 215. The van der Waals surface area contributed by atoms with Gasteiger partial charge in [-0.1, -0.05) is 38.1 Å². The molecule has 0 aliphatic carbocycles. The van der Waals surface area contributed by atoms with E-state index >= 15 is 0 Å². The fourth-order valence-corrected chi connectivity index (χ4v) is 3.91. The minimum Gasteiger partial charge on any atom is -0.296 e. The molecule has 1 N–H and O–H groups in total. The van der Waals surface area contributed by atoms with Crippen molar-refractivity contribution in [2.75, 3.05) is 5.32 Å². The summed E-state index contributed by atoms with van der Waals surface area (Å²) in [6.07, 6.45) is -5.29. The quantitative estimate of drug-likeness (QED) is 0.232. The molecule has 1 amide bonds. The molecule has 238 valence electrons. The van der Waals surface area contributed by atoms with Crippen molar-refractivity contribution >= 4 is 22.4 Å². The number of aromatic nitrogens is 1. The Bertz CT molecular complexity index is 1260. The average Bonchev–Trinajstić information content (AvgIpc) is 3.31. The van der Waals surface area contributed by atoms with Gasteiger partial charge in [-0.3, -0.25) is 10.1 Å². The molecule has 0 saturated carbocycles. The van der Waals surface area contributed by atoms with Crippen LogP contribution >= 0.6 is 11.3 Å². The normalized spacial score (nSPS) is 14.6. The molecular weight excluding hydrogens is 644 g/mol. The summed E-state index contributed by atoms with van der Waals surface area (Å²) in [6, 6.07) is 6.13. The van der Waals surface area contributed by atoms with Gasteiger partial charge in [-0.15, -0.1) is 11.3 Å². The van der Waals surface area contributed by atoms with Gasteiger partial charge in [-0.25, -0.2) is 13.8 Å². The highest BCUT2D eigenvalue weighted by Gasteiger charge is 2.94. The fourth-order valence-electron chi connectivity index (χ4n) is 3.20. The lowest BCUT2D eigenvalue weighted by molar-refractivity contribution is -0.443. The zero-order valence-corrected chi connectivity index (χ0v) is 21.4. The van der Waals surface area contributed by atoms with Crippen LogP contribution in [0.3, 0.4) is 0 Å². The van der Waals surface area contributed by atoms with E-state index in [1.165, 1.54) is 12.1 Å². The lowest BCUT2D eigenvalue weighted by atomic mass is 9.89. The highest BCUT2D eigenvalue weighted by atomic mass is 32.1. The van der Waals surface area contributed by atoms with E-state index < -0.39 is 58.9 Å². The van der Waals surface area contributed by atoms with Crippen molar-refractivity contribution in [3.8, 4) is 11.3 Å². The maximum Gasteiger partial charge on any atom is 0.393 e. The van der Waals surface area contributed by atoms with Crippen LogP contribution in [0, 0.1) is 5.92 Å². The molecule has 1 heterocycles. The van der Waals surface area contributed by atoms with Crippen LogP contribution in [0.1, 0.15) is 19.4 Å².